The van der Waals surface area contributed by atoms with Gasteiger partial charge in [-0.25, -0.2) is 4.90 Å². The minimum absolute atomic E-state index is 0.327. The number of hydrogen-bond donors (Lipinski definition) is 0. The van der Waals surface area contributed by atoms with Crippen molar-refractivity contribution in [2.75, 3.05) is 31.2 Å². The van der Waals surface area contributed by atoms with E-state index in [-0.39, 0.29) is 11.8 Å². The number of anilines is 2. The summed E-state index contributed by atoms with van der Waals surface area (Å²) in [7, 11) is 4.67. The Morgan fingerprint density at radius 1 is 0.735 bits per heavy atom. The fraction of sp³-hybridized carbons (Fsp3) is 0.192. The Morgan fingerprint density at radius 3 is 2.09 bits per heavy atom. The summed E-state index contributed by atoms with van der Waals surface area (Å²) in [5.41, 5.74) is 2.41. The summed E-state index contributed by atoms with van der Waals surface area (Å²) in [5, 5.41) is 6.40. The van der Waals surface area contributed by atoms with E-state index in [1.807, 2.05) is 36.4 Å². The number of carbonyl (C=O) groups excluding carboxylic acids is 2. The van der Waals surface area contributed by atoms with E-state index in [9.17, 15) is 9.59 Å². The molecule has 0 bridgehead atoms. The smallest absolute Gasteiger partial charge is 0.259 e. The van der Waals surface area contributed by atoms with Crippen LogP contribution in [-0.4, -0.2) is 44.9 Å². The summed E-state index contributed by atoms with van der Waals surface area (Å²) in [6.45, 7) is 0. The molecule has 2 aliphatic heterocycles. The summed E-state index contributed by atoms with van der Waals surface area (Å²) in [4.78, 5) is 28.6. The molecule has 0 N–H and O–H groups in total. The Balaban J connectivity index is 1.61. The number of amides is 2. The fourth-order valence-corrected chi connectivity index (χ4v) is 4.43. The lowest BCUT2D eigenvalue weighted by Crippen LogP contribution is -2.39. The first kappa shape index (κ1) is 21.5. The monoisotopic (exact) mass is 457 g/mol. The third-order valence-corrected chi connectivity index (χ3v) is 6.08. The average Bonchev–Trinajstić information content (AvgIpc) is 3.40. The van der Waals surface area contributed by atoms with Crippen LogP contribution in [0.15, 0.2) is 77.9 Å². The summed E-state index contributed by atoms with van der Waals surface area (Å²) >= 11 is 0. The minimum Gasteiger partial charge on any atom is -0.497 e. The van der Waals surface area contributed by atoms with Crippen molar-refractivity contribution in [3.8, 4) is 17.2 Å². The van der Waals surface area contributed by atoms with E-state index in [1.165, 1.54) is 4.90 Å². The number of carbonyl (C=O) groups is 2. The highest BCUT2D eigenvalue weighted by molar-refractivity contribution is 6.34. The van der Waals surface area contributed by atoms with Crippen molar-refractivity contribution in [3.05, 3.63) is 78.4 Å². The number of hydrogen-bond acceptors (Lipinski definition) is 7. The molecule has 34 heavy (non-hydrogen) atoms. The molecule has 0 aromatic heterocycles. The second-order valence-electron chi connectivity index (χ2n) is 7.87. The molecule has 0 saturated carbocycles. The zero-order valence-corrected chi connectivity index (χ0v) is 19.0. The van der Waals surface area contributed by atoms with E-state index in [0.29, 0.717) is 34.2 Å². The van der Waals surface area contributed by atoms with Gasteiger partial charge in [0.2, 0.25) is 5.91 Å². The van der Waals surface area contributed by atoms with Gasteiger partial charge in [0.05, 0.1) is 38.4 Å². The number of methoxy groups -OCH3 is 3. The van der Waals surface area contributed by atoms with E-state index < -0.39 is 12.0 Å². The van der Waals surface area contributed by atoms with E-state index in [2.05, 4.69) is 0 Å². The van der Waals surface area contributed by atoms with Crippen LogP contribution in [0.4, 0.5) is 11.4 Å². The lowest BCUT2D eigenvalue weighted by atomic mass is 9.92. The van der Waals surface area contributed by atoms with E-state index >= 15 is 0 Å². The van der Waals surface area contributed by atoms with Crippen molar-refractivity contribution >= 4 is 28.9 Å². The molecule has 2 aliphatic rings. The summed E-state index contributed by atoms with van der Waals surface area (Å²) < 4.78 is 16.0. The van der Waals surface area contributed by atoms with Gasteiger partial charge in [0.1, 0.15) is 17.7 Å². The van der Waals surface area contributed by atoms with Crippen LogP contribution < -0.4 is 24.1 Å². The van der Waals surface area contributed by atoms with Crippen molar-refractivity contribution in [1.29, 1.82) is 0 Å². The Morgan fingerprint density at radius 2 is 1.44 bits per heavy atom. The van der Waals surface area contributed by atoms with Crippen LogP contribution in [0.5, 0.6) is 17.2 Å². The van der Waals surface area contributed by atoms with Crippen LogP contribution in [-0.2, 0) is 9.59 Å². The second kappa shape index (κ2) is 8.55. The van der Waals surface area contributed by atoms with Gasteiger partial charge in [-0.1, -0.05) is 18.2 Å². The Hall–Kier alpha value is -4.33. The number of hydrazone groups is 1. The van der Waals surface area contributed by atoms with Gasteiger partial charge in [-0.05, 0) is 54.6 Å². The molecule has 2 unspecified atom stereocenters. The molecular weight excluding hydrogens is 434 g/mol. The zero-order chi connectivity index (χ0) is 23.8. The topological polar surface area (TPSA) is 80.7 Å². The molecule has 0 spiro atoms. The maximum atomic E-state index is 13.7. The first-order chi connectivity index (χ1) is 16.6. The maximum Gasteiger partial charge on any atom is 0.259 e. The third-order valence-electron chi connectivity index (χ3n) is 6.08. The molecule has 1 saturated heterocycles. The molecule has 3 aromatic rings. The first-order valence-electron chi connectivity index (χ1n) is 10.7. The van der Waals surface area contributed by atoms with Gasteiger partial charge in [-0.2, -0.15) is 5.10 Å². The van der Waals surface area contributed by atoms with Crippen molar-refractivity contribution in [1.82, 2.24) is 0 Å². The van der Waals surface area contributed by atoms with Crippen LogP contribution in [0, 0.1) is 5.92 Å². The molecular formula is C26H23N3O5. The number of ether oxygens (including phenoxy) is 3. The molecule has 2 atom stereocenters. The van der Waals surface area contributed by atoms with Crippen molar-refractivity contribution < 1.29 is 23.8 Å². The van der Waals surface area contributed by atoms with Crippen molar-refractivity contribution in [3.63, 3.8) is 0 Å². The molecule has 0 radical (unpaired) electrons. The normalized spacial score (nSPS) is 19.2. The number of para-hydroxylation sites is 1. The molecule has 1 fully saturated rings. The molecule has 3 aromatic carbocycles. The standard InChI is InChI=1S/C26H23N3O5/c1-32-19-12-10-17(11-13-19)28-25(30)22-23(16-9-14-20(33-2)21(15-16)34-3)27-29(24(22)26(28)31)18-7-5-4-6-8-18/h4-15,22,24H,1-3H3. The van der Waals surface area contributed by atoms with Crippen molar-refractivity contribution in [2.24, 2.45) is 11.0 Å². The van der Waals surface area contributed by atoms with Gasteiger partial charge < -0.3 is 14.2 Å². The lowest BCUT2D eigenvalue weighted by Gasteiger charge is -2.22. The Labute approximate surface area is 197 Å². The molecule has 8 heteroatoms. The van der Waals surface area contributed by atoms with Crippen LogP contribution in [0.1, 0.15) is 5.56 Å². The summed E-state index contributed by atoms with van der Waals surface area (Å²) in [5.74, 6) is 0.293. The van der Waals surface area contributed by atoms with Crippen molar-refractivity contribution in [2.45, 2.75) is 6.04 Å². The molecule has 2 heterocycles. The van der Waals surface area contributed by atoms with Gasteiger partial charge in [0, 0.05) is 5.56 Å². The quantitative estimate of drug-likeness (QED) is 0.527. The Bertz CT molecular complexity index is 1270. The largest absolute Gasteiger partial charge is 0.497 e. The molecule has 172 valence electrons. The highest BCUT2D eigenvalue weighted by Crippen LogP contribution is 2.40. The average molecular weight is 457 g/mol. The first-order valence-corrected chi connectivity index (χ1v) is 10.7. The van der Waals surface area contributed by atoms with E-state index in [0.717, 1.165) is 5.69 Å². The SMILES string of the molecule is COc1ccc(N2C(=O)C3C(c4ccc(OC)c(OC)c4)=NN(c4ccccc4)C3C2=O)cc1. The molecule has 2 amide bonds. The highest BCUT2D eigenvalue weighted by atomic mass is 16.5. The second-order valence-corrected chi connectivity index (χ2v) is 7.87. The van der Waals surface area contributed by atoms with Crippen LogP contribution in [0.3, 0.4) is 0 Å². The number of fused-ring (bicyclic) bond motifs is 1. The zero-order valence-electron chi connectivity index (χ0n) is 19.0. The lowest BCUT2D eigenvalue weighted by molar-refractivity contribution is -0.121. The van der Waals surface area contributed by atoms with Crippen LogP contribution in [0.2, 0.25) is 0 Å². The van der Waals surface area contributed by atoms with Gasteiger partial charge in [0.25, 0.3) is 5.91 Å². The van der Waals surface area contributed by atoms with E-state index in [4.69, 9.17) is 19.3 Å². The highest BCUT2D eigenvalue weighted by Gasteiger charge is 2.57. The minimum atomic E-state index is -0.792. The van der Waals surface area contributed by atoms with Gasteiger partial charge in [-0.15, -0.1) is 0 Å². The maximum absolute atomic E-state index is 13.7. The number of benzene rings is 3. The van der Waals surface area contributed by atoms with E-state index in [1.54, 1.807) is 62.7 Å². The number of imide groups is 1. The van der Waals surface area contributed by atoms with Gasteiger partial charge in [-0.3, -0.25) is 14.6 Å². The predicted molar refractivity (Wildman–Crippen MR) is 128 cm³/mol. The molecule has 5 rings (SSSR count). The van der Waals surface area contributed by atoms with Crippen LogP contribution >= 0.6 is 0 Å². The third kappa shape index (κ3) is 3.35. The fourth-order valence-electron chi connectivity index (χ4n) is 4.43. The summed E-state index contributed by atoms with van der Waals surface area (Å²) in [6, 6.07) is 20.8. The Kier molecular flexibility index (Phi) is 5.41. The van der Waals surface area contributed by atoms with Gasteiger partial charge in [0.15, 0.2) is 11.5 Å². The summed E-state index contributed by atoms with van der Waals surface area (Å²) in [6.07, 6.45) is 0. The number of rotatable bonds is 6. The predicted octanol–water partition coefficient (Wildman–Crippen LogP) is 3.49. The van der Waals surface area contributed by atoms with Crippen LogP contribution in [0.25, 0.3) is 0 Å². The molecule has 0 aliphatic carbocycles. The number of nitrogens with zero attached hydrogens (tertiary/aromatic N) is 3. The van der Waals surface area contributed by atoms with Gasteiger partial charge >= 0.3 is 0 Å². The molecule has 8 nitrogen and oxygen atoms in total.